The Labute approximate surface area is 189 Å². The van der Waals surface area contributed by atoms with Crippen LogP contribution < -0.4 is 0 Å². The summed E-state index contributed by atoms with van der Waals surface area (Å²) in [7, 11) is 8.11. The summed E-state index contributed by atoms with van der Waals surface area (Å²) in [6, 6.07) is 9.97. The number of aromatic nitrogens is 1. The summed E-state index contributed by atoms with van der Waals surface area (Å²) in [5.74, 6) is -0.983. The number of piperidine rings is 2. The molecule has 1 N–H and O–H groups in total. The molecule has 2 aliphatic heterocycles. The van der Waals surface area contributed by atoms with Gasteiger partial charge in [0, 0.05) is 77.5 Å². The normalized spacial score (nSPS) is 27.3. The number of ether oxygens (including phenoxy) is 5. The molecule has 3 fully saturated rings. The van der Waals surface area contributed by atoms with Crippen LogP contribution in [0.1, 0.15) is 25.0 Å². The van der Waals surface area contributed by atoms with E-state index >= 15 is 0 Å². The first-order chi connectivity index (χ1) is 15.5. The van der Waals surface area contributed by atoms with Gasteiger partial charge in [-0.05, 0) is 23.9 Å². The molecule has 176 valence electrons. The first-order valence-electron chi connectivity index (χ1n) is 11.0. The number of aromatic amines is 1. The SMILES string of the molecule is COC(=O)[C@]1(c2cc3ccccc3[nH]2)C[C@H]2CN(CCC(OC)OC)[C@@H]1CC2(OC)OC. The number of nitrogens with zero attached hydrogens (tertiary/aromatic N) is 1. The van der Waals surface area contributed by atoms with Crippen molar-refractivity contribution in [2.24, 2.45) is 5.92 Å². The molecule has 2 aromatic rings. The van der Waals surface area contributed by atoms with Gasteiger partial charge in [-0.25, -0.2) is 0 Å². The van der Waals surface area contributed by atoms with Gasteiger partial charge in [0.25, 0.3) is 0 Å². The van der Waals surface area contributed by atoms with Crippen LogP contribution in [0.3, 0.4) is 0 Å². The minimum absolute atomic E-state index is 0.0171. The fourth-order valence-electron chi connectivity index (χ4n) is 5.89. The molecule has 1 aromatic heterocycles. The highest BCUT2D eigenvalue weighted by Gasteiger charge is 2.66. The second-order valence-corrected chi connectivity index (χ2v) is 8.76. The van der Waals surface area contributed by atoms with Gasteiger partial charge in [0.05, 0.1) is 7.11 Å². The first-order valence-corrected chi connectivity index (χ1v) is 11.0. The molecule has 1 aliphatic carbocycles. The van der Waals surface area contributed by atoms with Crippen LogP contribution in [0.5, 0.6) is 0 Å². The fourth-order valence-corrected chi connectivity index (χ4v) is 5.89. The maximum Gasteiger partial charge on any atom is 0.319 e. The van der Waals surface area contributed by atoms with Crippen LogP contribution in [0.25, 0.3) is 10.9 Å². The highest BCUT2D eigenvalue weighted by atomic mass is 16.7. The number of H-pyrrole nitrogens is 1. The van der Waals surface area contributed by atoms with Crippen LogP contribution in [-0.2, 0) is 33.9 Å². The Kier molecular flexibility index (Phi) is 6.61. The van der Waals surface area contributed by atoms with E-state index < -0.39 is 11.2 Å². The van der Waals surface area contributed by atoms with E-state index in [2.05, 4.69) is 22.0 Å². The van der Waals surface area contributed by atoms with Gasteiger partial charge in [-0.1, -0.05) is 18.2 Å². The number of fused-ring (bicyclic) bond motifs is 4. The average Bonchev–Trinajstić information content (AvgIpc) is 3.28. The second kappa shape index (κ2) is 9.11. The van der Waals surface area contributed by atoms with E-state index in [-0.39, 0.29) is 24.2 Å². The van der Waals surface area contributed by atoms with E-state index in [1.807, 2.05) is 18.2 Å². The van der Waals surface area contributed by atoms with Gasteiger partial charge in [0.1, 0.15) is 5.41 Å². The van der Waals surface area contributed by atoms with Crippen LogP contribution >= 0.6 is 0 Å². The highest BCUT2D eigenvalue weighted by molar-refractivity contribution is 5.88. The van der Waals surface area contributed by atoms with Crippen molar-refractivity contribution in [3.63, 3.8) is 0 Å². The summed E-state index contributed by atoms with van der Waals surface area (Å²) >= 11 is 0. The summed E-state index contributed by atoms with van der Waals surface area (Å²) in [5, 5.41) is 1.07. The monoisotopic (exact) mass is 446 g/mol. The van der Waals surface area contributed by atoms with E-state index in [4.69, 9.17) is 23.7 Å². The van der Waals surface area contributed by atoms with Crippen molar-refractivity contribution in [2.45, 2.75) is 42.8 Å². The maximum absolute atomic E-state index is 13.5. The zero-order valence-corrected chi connectivity index (χ0v) is 19.6. The van der Waals surface area contributed by atoms with Gasteiger partial charge in [-0.2, -0.15) is 0 Å². The summed E-state index contributed by atoms with van der Waals surface area (Å²) in [6.45, 7) is 1.47. The molecule has 1 aromatic carbocycles. The molecule has 3 heterocycles. The summed E-state index contributed by atoms with van der Waals surface area (Å²) in [4.78, 5) is 19.4. The van der Waals surface area contributed by atoms with E-state index in [9.17, 15) is 4.79 Å². The molecule has 2 saturated heterocycles. The number of carbonyl (C=O) groups is 1. The predicted octanol–water partition coefficient (Wildman–Crippen LogP) is 2.67. The average molecular weight is 447 g/mol. The van der Waals surface area contributed by atoms with Gasteiger partial charge in [-0.15, -0.1) is 0 Å². The van der Waals surface area contributed by atoms with Gasteiger partial charge in [0.15, 0.2) is 12.1 Å². The number of benzene rings is 1. The lowest BCUT2D eigenvalue weighted by molar-refractivity contribution is -0.297. The number of rotatable bonds is 9. The molecule has 0 radical (unpaired) electrons. The molecule has 0 spiro atoms. The quantitative estimate of drug-likeness (QED) is 0.468. The third kappa shape index (κ3) is 3.54. The smallest absolute Gasteiger partial charge is 0.319 e. The van der Waals surface area contributed by atoms with E-state index in [1.54, 1.807) is 28.4 Å². The number of hydrogen-bond acceptors (Lipinski definition) is 7. The Morgan fingerprint density at radius 1 is 1.12 bits per heavy atom. The number of nitrogens with one attached hydrogen (secondary N) is 1. The molecule has 32 heavy (non-hydrogen) atoms. The Balaban J connectivity index is 1.79. The van der Waals surface area contributed by atoms with E-state index in [0.29, 0.717) is 19.3 Å². The third-order valence-electron chi connectivity index (χ3n) is 7.56. The zero-order valence-electron chi connectivity index (χ0n) is 19.6. The van der Waals surface area contributed by atoms with Crippen molar-refractivity contribution in [1.29, 1.82) is 0 Å². The van der Waals surface area contributed by atoms with Crippen LogP contribution in [0.15, 0.2) is 30.3 Å². The van der Waals surface area contributed by atoms with Crippen LogP contribution in [-0.4, -0.2) is 82.6 Å². The fraction of sp³-hybridized carbons (Fsp3) is 0.625. The van der Waals surface area contributed by atoms with E-state index in [0.717, 1.165) is 29.7 Å². The van der Waals surface area contributed by atoms with Crippen LogP contribution in [0.4, 0.5) is 0 Å². The minimum Gasteiger partial charge on any atom is -0.468 e. The molecule has 5 rings (SSSR count). The van der Waals surface area contributed by atoms with Gasteiger partial charge in [0.2, 0.25) is 0 Å². The molecule has 2 bridgehead atoms. The molecule has 8 nitrogen and oxygen atoms in total. The zero-order chi connectivity index (χ0) is 22.9. The Hall–Kier alpha value is -1.97. The van der Waals surface area contributed by atoms with Gasteiger partial charge >= 0.3 is 5.97 Å². The number of carbonyl (C=O) groups excluding carboxylic acids is 1. The van der Waals surface area contributed by atoms with Crippen LogP contribution in [0, 0.1) is 5.92 Å². The lowest BCUT2D eigenvalue weighted by Crippen LogP contribution is -2.72. The van der Waals surface area contributed by atoms with Gasteiger partial charge < -0.3 is 28.7 Å². The summed E-state index contributed by atoms with van der Waals surface area (Å²) in [5.41, 5.74) is 1.02. The molecule has 1 saturated carbocycles. The van der Waals surface area contributed by atoms with Crippen molar-refractivity contribution in [2.75, 3.05) is 48.6 Å². The van der Waals surface area contributed by atoms with E-state index in [1.165, 1.54) is 7.11 Å². The van der Waals surface area contributed by atoms with Crippen LogP contribution in [0.2, 0.25) is 0 Å². The van der Waals surface area contributed by atoms with Crippen molar-refractivity contribution < 1.29 is 28.5 Å². The minimum atomic E-state index is -0.854. The first kappa shape index (κ1) is 23.2. The number of esters is 1. The number of methoxy groups -OCH3 is 5. The standard InChI is InChI=1S/C24H34N2O6/c1-28-21(29-2)10-11-26-15-17-13-23(22(27)30-3,20(26)14-24(17,31-4)32-5)19-12-16-8-6-7-9-18(16)25-19/h6-9,12,17,20-21,25H,10-11,13-15H2,1-5H3/t17-,20+,23-/m0/s1. The third-order valence-corrected chi connectivity index (χ3v) is 7.56. The maximum atomic E-state index is 13.5. The Bertz CT molecular complexity index is 904. The molecule has 3 aliphatic rings. The lowest BCUT2D eigenvalue weighted by Gasteiger charge is -2.61. The van der Waals surface area contributed by atoms with Crippen molar-refractivity contribution >= 4 is 16.9 Å². The molecular formula is C24H34N2O6. The molecule has 8 heteroatoms. The summed E-state index contributed by atoms with van der Waals surface area (Å²) in [6.07, 6.45) is 1.52. The topological polar surface area (TPSA) is 82.3 Å². The largest absolute Gasteiger partial charge is 0.468 e. The molecule has 3 atom stereocenters. The molecular weight excluding hydrogens is 412 g/mol. The number of para-hydroxylation sites is 1. The Morgan fingerprint density at radius 2 is 1.84 bits per heavy atom. The highest BCUT2D eigenvalue weighted by Crippen LogP contribution is 2.54. The predicted molar refractivity (Wildman–Crippen MR) is 119 cm³/mol. The second-order valence-electron chi connectivity index (χ2n) is 8.76. The summed E-state index contributed by atoms with van der Waals surface area (Å²) < 4.78 is 28.1. The van der Waals surface area contributed by atoms with Gasteiger partial charge in [-0.3, -0.25) is 9.69 Å². The van der Waals surface area contributed by atoms with Crippen molar-refractivity contribution in [1.82, 2.24) is 9.88 Å². The number of hydrogen-bond donors (Lipinski definition) is 1. The van der Waals surface area contributed by atoms with Crippen molar-refractivity contribution in [3.05, 3.63) is 36.0 Å². The lowest BCUT2D eigenvalue weighted by atomic mass is 9.58. The molecule has 0 unspecified atom stereocenters. The Morgan fingerprint density at radius 3 is 2.44 bits per heavy atom. The molecule has 0 amide bonds. The van der Waals surface area contributed by atoms with Crippen molar-refractivity contribution in [3.8, 4) is 0 Å².